The highest BCUT2D eigenvalue weighted by Gasteiger charge is 2.35. The number of rotatable bonds is 9. The second kappa shape index (κ2) is 8.39. The van der Waals surface area contributed by atoms with E-state index in [4.69, 9.17) is 29.0 Å². The Balaban J connectivity index is 3.32. The standard InChI is InChI=1S/C14H24NO6P/c1-6-20-22(16,21-7-2)14(15)10-8-11(17-3)13(19-5)12(9-10)18-4/h8-9,14H,6-7,15H2,1-5H3/t14-/m0/s1. The first kappa shape index (κ1) is 18.8. The van der Waals surface area contributed by atoms with Crippen LogP contribution in [0.1, 0.15) is 25.2 Å². The third kappa shape index (κ3) is 3.93. The SMILES string of the molecule is CCOP(=O)(OCC)[C@H](N)c1cc(OC)c(OC)c(OC)c1. The first-order valence-corrected chi connectivity index (χ1v) is 8.52. The van der Waals surface area contributed by atoms with Crippen LogP contribution in [-0.2, 0) is 13.6 Å². The lowest BCUT2D eigenvalue weighted by atomic mass is 10.2. The smallest absolute Gasteiger partial charge is 0.351 e. The summed E-state index contributed by atoms with van der Waals surface area (Å²) in [5.41, 5.74) is 6.63. The predicted octanol–water partition coefficient (Wildman–Crippen LogP) is 2.94. The van der Waals surface area contributed by atoms with Crippen LogP contribution in [0.3, 0.4) is 0 Å². The highest BCUT2D eigenvalue weighted by Crippen LogP contribution is 2.59. The fourth-order valence-corrected chi connectivity index (χ4v) is 3.64. The van der Waals surface area contributed by atoms with Crippen LogP contribution in [0.2, 0.25) is 0 Å². The zero-order valence-corrected chi connectivity index (χ0v) is 14.5. The van der Waals surface area contributed by atoms with Gasteiger partial charge in [0, 0.05) is 0 Å². The monoisotopic (exact) mass is 333 g/mol. The largest absolute Gasteiger partial charge is 0.493 e. The minimum Gasteiger partial charge on any atom is -0.493 e. The van der Waals surface area contributed by atoms with E-state index < -0.39 is 13.4 Å². The molecule has 22 heavy (non-hydrogen) atoms. The van der Waals surface area contributed by atoms with Crippen molar-refractivity contribution in [3.63, 3.8) is 0 Å². The molecule has 1 aromatic carbocycles. The maximum absolute atomic E-state index is 12.8. The first-order valence-electron chi connectivity index (χ1n) is 6.91. The predicted molar refractivity (Wildman–Crippen MR) is 83.9 cm³/mol. The molecular formula is C14H24NO6P. The lowest BCUT2D eigenvalue weighted by molar-refractivity contribution is 0.212. The van der Waals surface area contributed by atoms with Crippen molar-refractivity contribution in [3.8, 4) is 17.2 Å². The van der Waals surface area contributed by atoms with Crippen LogP contribution >= 0.6 is 7.60 Å². The van der Waals surface area contributed by atoms with Crippen molar-refractivity contribution in [2.45, 2.75) is 19.6 Å². The summed E-state index contributed by atoms with van der Waals surface area (Å²) < 4.78 is 39.1. The molecule has 126 valence electrons. The molecule has 0 aromatic heterocycles. The average Bonchev–Trinajstić information content (AvgIpc) is 2.52. The van der Waals surface area contributed by atoms with E-state index >= 15 is 0 Å². The third-order valence-electron chi connectivity index (χ3n) is 2.99. The molecule has 1 atom stereocenters. The fraction of sp³-hybridized carbons (Fsp3) is 0.571. The van der Waals surface area contributed by atoms with Crippen molar-refractivity contribution in [3.05, 3.63) is 17.7 Å². The van der Waals surface area contributed by atoms with Crippen LogP contribution in [0.15, 0.2) is 12.1 Å². The van der Waals surface area contributed by atoms with E-state index in [1.807, 2.05) is 0 Å². The van der Waals surface area contributed by atoms with Gasteiger partial charge in [-0.1, -0.05) is 0 Å². The molecule has 0 fully saturated rings. The van der Waals surface area contributed by atoms with Gasteiger partial charge in [-0.2, -0.15) is 0 Å². The van der Waals surface area contributed by atoms with Gasteiger partial charge in [0.1, 0.15) is 5.78 Å². The van der Waals surface area contributed by atoms with E-state index in [1.165, 1.54) is 21.3 Å². The summed E-state index contributed by atoms with van der Waals surface area (Å²) in [5, 5.41) is 0. The van der Waals surface area contributed by atoms with Gasteiger partial charge >= 0.3 is 7.60 Å². The molecule has 0 bridgehead atoms. The van der Waals surface area contributed by atoms with Gasteiger partial charge in [0.15, 0.2) is 11.5 Å². The van der Waals surface area contributed by atoms with Gasteiger partial charge in [0.25, 0.3) is 0 Å². The van der Waals surface area contributed by atoms with Crippen LogP contribution in [0.4, 0.5) is 0 Å². The molecule has 0 aliphatic heterocycles. The molecule has 1 rings (SSSR count). The van der Waals surface area contributed by atoms with E-state index in [0.29, 0.717) is 22.8 Å². The fourth-order valence-electron chi connectivity index (χ4n) is 2.01. The molecule has 2 N–H and O–H groups in total. The molecule has 8 heteroatoms. The van der Waals surface area contributed by atoms with Crippen molar-refractivity contribution in [2.75, 3.05) is 34.5 Å². The lowest BCUT2D eigenvalue weighted by Crippen LogP contribution is -2.15. The summed E-state index contributed by atoms with van der Waals surface area (Å²) in [4.78, 5) is 0. The molecule has 0 amide bonds. The lowest BCUT2D eigenvalue weighted by Gasteiger charge is -2.24. The number of ether oxygens (including phenoxy) is 3. The van der Waals surface area contributed by atoms with Gasteiger partial charge in [-0.25, -0.2) is 0 Å². The Labute approximate surface area is 131 Å². The summed E-state index contributed by atoms with van der Waals surface area (Å²) in [6.45, 7) is 3.92. The van der Waals surface area contributed by atoms with Crippen LogP contribution in [0.5, 0.6) is 17.2 Å². The van der Waals surface area contributed by atoms with Crippen LogP contribution in [-0.4, -0.2) is 34.5 Å². The Morgan fingerprint density at radius 3 is 1.77 bits per heavy atom. The Morgan fingerprint density at radius 1 is 1.00 bits per heavy atom. The highest BCUT2D eigenvalue weighted by molar-refractivity contribution is 7.54. The summed E-state index contributed by atoms with van der Waals surface area (Å²) in [6.07, 6.45) is 0. The number of hydrogen-bond donors (Lipinski definition) is 1. The molecule has 0 aliphatic rings. The Morgan fingerprint density at radius 2 is 1.45 bits per heavy atom. The van der Waals surface area contributed by atoms with E-state index in [9.17, 15) is 4.57 Å². The molecule has 0 saturated carbocycles. The van der Waals surface area contributed by atoms with Gasteiger partial charge in [-0.15, -0.1) is 0 Å². The van der Waals surface area contributed by atoms with Gasteiger partial charge in [-0.05, 0) is 31.5 Å². The van der Waals surface area contributed by atoms with Crippen molar-refractivity contribution >= 4 is 7.60 Å². The summed E-state index contributed by atoms with van der Waals surface area (Å²) >= 11 is 0. The molecular weight excluding hydrogens is 309 g/mol. The topological polar surface area (TPSA) is 89.2 Å². The second-order valence-corrected chi connectivity index (χ2v) is 6.43. The molecule has 1 aromatic rings. The summed E-state index contributed by atoms with van der Waals surface area (Å²) in [6, 6.07) is 3.27. The van der Waals surface area contributed by atoms with Crippen molar-refractivity contribution in [1.82, 2.24) is 0 Å². The van der Waals surface area contributed by atoms with Crippen LogP contribution in [0, 0.1) is 0 Å². The van der Waals surface area contributed by atoms with E-state index in [-0.39, 0.29) is 13.2 Å². The molecule has 0 spiro atoms. The van der Waals surface area contributed by atoms with Crippen LogP contribution < -0.4 is 19.9 Å². The van der Waals surface area contributed by atoms with Gasteiger partial charge in [-0.3, -0.25) is 4.57 Å². The zero-order chi connectivity index (χ0) is 16.8. The molecule has 0 saturated heterocycles. The molecule has 7 nitrogen and oxygen atoms in total. The Hall–Kier alpha value is -1.27. The highest BCUT2D eigenvalue weighted by atomic mass is 31.2. The molecule has 0 heterocycles. The maximum Gasteiger partial charge on any atom is 0.351 e. The van der Waals surface area contributed by atoms with Crippen LogP contribution in [0.25, 0.3) is 0 Å². The van der Waals surface area contributed by atoms with E-state index in [0.717, 1.165) is 0 Å². The normalized spacial score (nSPS) is 12.8. The van der Waals surface area contributed by atoms with Gasteiger partial charge in [0.05, 0.1) is 34.5 Å². The number of methoxy groups -OCH3 is 3. The molecule has 0 unspecified atom stereocenters. The van der Waals surface area contributed by atoms with E-state index in [2.05, 4.69) is 0 Å². The zero-order valence-electron chi connectivity index (χ0n) is 13.6. The summed E-state index contributed by atoms with van der Waals surface area (Å²) in [7, 11) is 1.01. The molecule has 0 aliphatic carbocycles. The number of benzene rings is 1. The number of nitrogens with two attached hydrogens (primary N) is 1. The molecule has 0 radical (unpaired) electrons. The number of hydrogen-bond acceptors (Lipinski definition) is 7. The maximum atomic E-state index is 12.8. The Kier molecular flexibility index (Phi) is 7.16. The van der Waals surface area contributed by atoms with Crippen molar-refractivity contribution in [2.24, 2.45) is 5.73 Å². The first-order chi connectivity index (χ1) is 10.5. The third-order valence-corrected chi connectivity index (χ3v) is 5.20. The minimum absolute atomic E-state index is 0.232. The van der Waals surface area contributed by atoms with E-state index in [1.54, 1.807) is 26.0 Å². The van der Waals surface area contributed by atoms with Gasteiger partial charge in [0.2, 0.25) is 5.75 Å². The minimum atomic E-state index is -3.49. The Bertz CT molecular complexity index is 501. The quantitative estimate of drug-likeness (QED) is 0.695. The van der Waals surface area contributed by atoms with Crippen molar-refractivity contribution in [1.29, 1.82) is 0 Å². The summed E-state index contributed by atoms with van der Waals surface area (Å²) in [5.74, 6) is 0.323. The second-order valence-electron chi connectivity index (χ2n) is 4.28. The van der Waals surface area contributed by atoms with Crippen molar-refractivity contribution < 1.29 is 27.8 Å². The average molecular weight is 333 g/mol. The van der Waals surface area contributed by atoms with Gasteiger partial charge < -0.3 is 29.0 Å².